The van der Waals surface area contributed by atoms with Crippen molar-refractivity contribution in [3.63, 3.8) is 0 Å². The minimum atomic E-state index is -0.534. The molecule has 1 rings (SSSR count). The number of alkyl carbamates (subject to hydrolysis) is 1. The summed E-state index contributed by atoms with van der Waals surface area (Å²) in [5, 5.41) is 12.7. The molecule has 0 aliphatic rings. The van der Waals surface area contributed by atoms with Crippen LogP contribution in [0.15, 0.2) is 22.7 Å². The first-order valence-corrected chi connectivity index (χ1v) is 7.90. The van der Waals surface area contributed by atoms with E-state index < -0.39 is 11.7 Å². The first-order valence-electron chi connectivity index (χ1n) is 6.73. The second-order valence-corrected chi connectivity index (χ2v) is 7.19. The second kappa shape index (κ2) is 8.01. The maximum atomic E-state index is 11.6. The Morgan fingerprint density at radius 2 is 2.14 bits per heavy atom. The highest BCUT2D eigenvalue weighted by molar-refractivity contribution is 9.10. The summed E-state index contributed by atoms with van der Waals surface area (Å²) in [5.41, 5.74) is 0.401. The molecule has 1 aromatic rings. The molecular weight excluding hydrogens is 358 g/mol. The molecule has 1 unspecified atom stereocenters. The maximum absolute atomic E-state index is 11.6. The van der Waals surface area contributed by atoms with Crippen molar-refractivity contribution in [3.8, 4) is 0 Å². The molecule has 0 spiro atoms. The predicted molar refractivity (Wildman–Crippen MR) is 87.7 cm³/mol. The van der Waals surface area contributed by atoms with Gasteiger partial charge in [-0.3, -0.25) is 0 Å². The summed E-state index contributed by atoms with van der Waals surface area (Å²) in [6.07, 6.45) is 0.0983. The van der Waals surface area contributed by atoms with Crippen LogP contribution in [0.25, 0.3) is 0 Å². The molecule has 1 aromatic carbocycles. The third-order valence-electron chi connectivity index (χ3n) is 2.72. The number of nitrogens with one attached hydrogen (secondary N) is 1. The first-order chi connectivity index (χ1) is 9.71. The lowest BCUT2D eigenvalue weighted by atomic mass is 10.00. The molecule has 6 heteroatoms. The summed E-state index contributed by atoms with van der Waals surface area (Å²) in [5.74, 6) is -0.115. The van der Waals surface area contributed by atoms with Gasteiger partial charge in [-0.2, -0.15) is 0 Å². The van der Waals surface area contributed by atoms with Crippen molar-refractivity contribution in [1.82, 2.24) is 5.32 Å². The molecule has 1 amide bonds. The fraction of sp³-hybridized carbons (Fsp3) is 0.533. The van der Waals surface area contributed by atoms with E-state index >= 15 is 0 Å². The molecule has 0 aromatic heterocycles. The van der Waals surface area contributed by atoms with E-state index in [1.54, 1.807) is 20.8 Å². The lowest BCUT2D eigenvalue weighted by Gasteiger charge is -2.21. The van der Waals surface area contributed by atoms with Crippen molar-refractivity contribution in [1.29, 1.82) is 0 Å². The standard InChI is InChI=1S/C15H21BrClNO3/c1-15(2,3)21-14(20)18-8-10(9-19)6-11-4-5-12(16)7-13(11)17/h4-5,7,10,19H,6,8-9H2,1-3H3,(H,18,20). The Bertz CT molecular complexity index is 488. The smallest absolute Gasteiger partial charge is 0.407 e. The molecule has 21 heavy (non-hydrogen) atoms. The molecule has 0 saturated heterocycles. The van der Waals surface area contributed by atoms with Crippen LogP contribution in [0.3, 0.4) is 0 Å². The highest BCUT2D eigenvalue weighted by Crippen LogP contribution is 2.23. The minimum Gasteiger partial charge on any atom is -0.444 e. The monoisotopic (exact) mass is 377 g/mol. The van der Waals surface area contributed by atoms with Crippen molar-refractivity contribution in [2.75, 3.05) is 13.2 Å². The number of rotatable bonds is 5. The normalized spacial score (nSPS) is 12.9. The second-order valence-electron chi connectivity index (χ2n) is 5.87. The summed E-state index contributed by atoms with van der Waals surface area (Å²) in [7, 11) is 0. The third kappa shape index (κ3) is 7.16. The summed E-state index contributed by atoms with van der Waals surface area (Å²) < 4.78 is 6.06. The van der Waals surface area contributed by atoms with Crippen molar-refractivity contribution < 1.29 is 14.6 Å². The minimum absolute atomic E-state index is 0.0395. The molecule has 0 heterocycles. The number of amides is 1. The van der Waals surface area contributed by atoms with Crippen molar-refractivity contribution in [2.45, 2.75) is 32.8 Å². The number of benzene rings is 1. The van der Waals surface area contributed by atoms with E-state index in [-0.39, 0.29) is 12.5 Å². The molecule has 0 aliphatic carbocycles. The Labute approximate surface area is 139 Å². The maximum Gasteiger partial charge on any atom is 0.407 e. The van der Waals surface area contributed by atoms with Crippen LogP contribution in [0.1, 0.15) is 26.3 Å². The quantitative estimate of drug-likeness (QED) is 0.820. The van der Waals surface area contributed by atoms with Crippen LogP contribution in [-0.2, 0) is 11.2 Å². The molecule has 1 atom stereocenters. The number of carbonyl (C=O) groups is 1. The zero-order chi connectivity index (χ0) is 16.0. The Kier molecular flexibility index (Phi) is 6.97. The number of aliphatic hydroxyl groups is 1. The lowest BCUT2D eigenvalue weighted by molar-refractivity contribution is 0.0512. The van der Waals surface area contributed by atoms with Crippen LogP contribution in [-0.4, -0.2) is 30.0 Å². The molecule has 0 fully saturated rings. The van der Waals surface area contributed by atoms with Crippen molar-refractivity contribution in [2.24, 2.45) is 5.92 Å². The molecule has 0 saturated carbocycles. The zero-order valence-corrected chi connectivity index (χ0v) is 14.8. The van der Waals surface area contributed by atoms with Gasteiger partial charge in [0.05, 0.1) is 0 Å². The Morgan fingerprint density at radius 1 is 1.48 bits per heavy atom. The van der Waals surface area contributed by atoms with Gasteiger partial charge in [-0.05, 0) is 44.9 Å². The van der Waals surface area contributed by atoms with E-state index in [1.807, 2.05) is 18.2 Å². The number of carbonyl (C=O) groups excluding carboxylic acids is 1. The van der Waals surface area contributed by atoms with Crippen LogP contribution in [0.2, 0.25) is 5.02 Å². The SMILES string of the molecule is CC(C)(C)OC(=O)NCC(CO)Cc1ccc(Br)cc1Cl. The third-order valence-corrected chi connectivity index (χ3v) is 3.56. The van der Waals surface area contributed by atoms with Crippen LogP contribution in [0.4, 0.5) is 4.79 Å². The lowest BCUT2D eigenvalue weighted by Crippen LogP contribution is -2.36. The fourth-order valence-corrected chi connectivity index (χ4v) is 2.49. The zero-order valence-electron chi connectivity index (χ0n) is 12.5. The van der Waals surface area contributed by atoms with Crippen LogP contribution in [0, 0.1) is 5.92 Å². The summed E-state index contributed by atoms with van der Waals surface area (Å²) in [6, 6.07) is 5.62. The van der Waals surface area contributed by atoms with Crippen LogP contribution < -0.4 is 5.32 Å². The van der Waals surface area contributed by atoms with Gasteiger partial charge in [0, 0.05) is 28.6 Å². The summed E-state index contributed by atoms with van der Waals surface area (Å²) in [4.78, 5) is 11.6. The van der Waals surface area contributed by atoms with Gasteiger partial charge in [0.25, 0.3) is 0 Å². The summed E-state index contributed by atoms with van der Waals surface area (Å²) >= 11 is 9.51. The Morgan fingerprint density at radius 3 is 2.67 bits per heavy atom. The predicted octanol–water partition coefficient (Wildman–Crippen LogP) is 3.78. The largest absolute Gasteiger partial charge is 0.444 e. The molecule has 118 valence electrons. The summed E-state index contributed by atoms with van der Waals surface area (Å²) in [6.45, 7) is 5.70. The molecule has 0 aliphatic heterocycles. The van der Waals surface area contributed by atoms with Crippen LogP contribution >= 0.6 is 27.5 Å². The number of aliphatic hydroxyl groups excluding tert-OH is 1. The number of ether oxygens (including phenoxy) is 1. The Balaban J connectivity index is 2.54. The van der Waals surface area contributed by atoms with E-state index in [1.165, 1.54) is 0 Å². The fourth-order valence-electron chi connectivity index (χ4n) is 1.74. The van der Waals surface area contributed by atoms with E-state index in [4.69, 9.17) is 16.3 Å². The van der Waals surface area contributed by atoms with Gasteiger partial charge in [0.2, 0.25) is 0 Å². The average molecular weight is 379 g/mol. The Hall–Kier alpha value is -0.780. The van der Waals surface area contributed by atoms with Gasteiger partial charge in [-0.15, -0.1) is 0 Å². The van der Waals surface area contributed by atoms with Gasteiger partial charge in [-0.25, -0.2) is 4.79 Å². The number of halogens is 2. The van der Waals surface area contributed by atoms with Crippen molar-refractivity contribution >= 4 is 33.6 Å². The van der Waals surface area contributed by atoms with Crippen molar-refractivity contribution in [3.05, 3.63) is 33.3 Å². The molecular formula is C15H21BrClNO3. The molecule has 0 bridgehead atoms. The van der Waals surface area contributed by atoms with E-state index in [2.05, 4.69) is 21.2 Å². The highest BCUT2D eigenvalue weighted by atomic mass is 79.9. The topological polar surface area (TPSA) is 58.6 Å². The molecule has 4 nitrogen and oxygen atoms in total. The molecule has 2 N–H and O–H groups in total. The number of hydrogen-bond acceptors (Lipinski definition) is 3. The van der Waals surface area contributed by atoms with Crippen LogP contribution in [0.5, 0.6) is 0 Å². The average Bonchev–Trinajstić information content (AvgIpc) is 2.34. The van der Waals surface area contributed by atoms with Gasteiger partial charge >= 0.3 is 6.09 Å². The molecule has 0 radical (unpaired) electrons. The van der Waals surface area contributed by atoms with E-state index in [0.29, 0.717) is 18.0 Å². The van der Waals surface area contributed by atoms with Gasteiger partial charge in [-0.1, -0.05) is 33.6 Å². The van der Waals surface area contributed by atoms with Gasteiger partial charge < -0.3 is 15.2 Å². The van der Waals surface area contributed by atoms with E-state index in [9.17, 15) is 9.90 Å². The first kappa shape index (κ1) is 18.3. The highest BCUT2D eigenvalue weighted by Gasteiger charge is 2.18. The number of hydrogen-bond donors (Lipinski definition) is 2. The van der Waals surface area contributed by atoms with Gasteiger partial charge in [0.1, 0.15) is 5.60 Å². The van der Waals surface area contributed by atoms with E-state index in [0.717, 1.165) is 10.0 Å². The van der Waals surface area contributed by atoms with Gasteiger partial charge in [0.15, 0.2) is 0 Å².